The van der Waals surface area contributed by atoms with Gasteiger partial charge in [-0.05, 0) is 36.2 Å². The van der Waals surface area contributed by atoms with Crippen LogP contribution in [0.2, 0.25) is 0 Å². The zero-order valence-corrected chi connectivity index (χ0v) is 19.0. The Morgan fingerprint density at radius 1 is 1.06 bits per heavy atom. The Balaban J connectivity index is 1.45. The number of hydrogen-bond donors (Lipinski definition) is 0. The smallest absolute Gasteiger partial charge is 0.274 e. The van der Waals surface area contributed by atoms with Gasteiger partial charge in [0.2, 0.25) is 0 Å². The number of pyridine rings is 1. The largest absolute Gasteiger partial charge is 0.340 e. The molecule has 0 N–H and O–H groups in total. The highest BCUT2D eigenvalue weighted by Crippen LogP contribution is 2.19. The molecule has 0 unspecified atom stereocenters. The molecule has 0 spiro atoms. The number of carbonyl (C=O) groups excluding carboxylic acids is 1. The highest BCUT2D eigenvalue weighted by atomic mass is 19.1. The van der Waals surface area contributed by atoms with Crippen molar-refractivity contribution in [3.8, 4) is 0 Å². The van der Waals surface area contributed by atoms with Crippen LogP contribution in [-0.2, 0) is 13.1 Å². The number of imidazole rings is 1. The van der Waals surface area contributed by atoms with Gasteiger partial charge in [-0.15, -0.1) is 0 Å². The van der Waals surface area contributed by atoms with Gasteiger partial charge in [0.05, 0.1) is 5.69 Å². The fourth-order valence-corrected chi connectivity index (χ4v) is 4.26. The average molecular weight is 438 g/mol. The monoisotopic (exact) mass is 437 g/mol. The van der Waals surface area contributed by atoms with Gasteiger partial charge in [0.15, 0.2) is 5.69 Å². The molecule has 0 saturated carbocycles. The van der Waals surface area contributed by atoms with Gasteiger partial charge in [-0.3, -0.25) is 14.6 Å². The van der Waals surface area contributed by atoms with Gasteiger partial charge in [0.25, 0.3) is 5.91 Å². The predicted molar refractivity (Wildman–Crippen MR) is 124 cm³/mol. The van der Waals surface area contributed by atoms with Crippen LogP contribution in [-0.4, -0.2) is 69.8 Å². The molecule has 0 atom stereocenters. The predicted octanol–water partition coefficient (Wildman–Crippen LogP) is 3.66. The first-order chi connectivity index (χ1) is 15.5. The summed E-state index contributed by atoms with van der Waals surface area (Å²) >= 11 is 0. The summed E-state index contributed by atoms with van der Waals surface area (Å²) in [5.74, 6) is -0.197. The van der Waals surface area contributed by atoms with E-state index in [0.717, 1.165) is 69.0 Å². The maximum Gasteiger partial charge on any atom is 0.274 e. The lowest BCUT2D eigenvalue weighted by atomic mass is 10.2. The van der Waals surface area contributed by atoms with Crippen LogP contribution >= 0.6 is 0 Å². The van der Waals surface area contributed by atoms with Gasteiger partial charge in [-0.1, -0.05) is 31.5 Å². The van der Waals surface area contributed by atoms with Gasteiger partial charge in [0.1, 0.15) is 11.5 Å². The minimum Gasteiger partial charge on any atom is -0.340 e. The van der Waals surface area contributed by atoms with Crippen molar-refractivity contribution in [2.24, 2.45) is 0 Å². The number of carbonyl (C=O) groups is 1. The van der Waals surface area contributed by atoms with Crippen LogP contribution in [0.1, 0.15) is 41.5 Å². The molecule has 6 nitrogen and oxygen atoms in total. The molecule has 2 aromatic heterocycles. The second-order valence-corrected chi connectivity index (χ2v) is 8.60. The zero-order valence-electron chi connectivity index (χ0n) is 19.0. The summed E-state index contributed by atoms with van der Waals surface area (Å²) in [5.41, 5.74) is 3.31. The van der Waals surface area contributed by atoms with E-state index in [4.69, 9.17) is 0 Å². The van der Waals surface area contributed by atoms with Gasteiger partial charge >= 0.3 is 0 Å². The number of hydrogen-bond acceptors (Lipinski definition) is 4. The van der Waals surface area contributed by atoms with E-state index in [1.165, 1.54) is 6.07 Å². The highest BCUT2D eigenvalue weighted by Gasteiger charge is 2.25. The van der Waals surface area contributed by atoms with Crippen LogP contribution in [0.15, 0.2) is 48.7 Å². The van der Waals surface area contributed by atoms with E-state index >= 15 is 0 Å². The Bertz CT molecular complexity index is 1060. The summed E-state index contributed by atoms with van der Waals surface area (Å²) in [4.78, 5) is 24.4. The summed E-state index contributed by atoms with van der Waals surface area (Å²) < 4.78 is 15.5. The summed E-state index contributed by atoms with van der Waals surface area (Å²) in [6.07, 6.45) is 4.02. The number of rotatable bonds is 8. The molecule has 1 aliphatic heterocycles. The molecule has 4 rings (SSSR count). The minimum absolute atomic E-state index is 0.0121. The van der Waals surface area contributed by atoms with Crippen molar-refractivity contribution >= 4 is 11.6 Å². The number of amides is 1. The van der Waals surface area contributed by atoms with Crippen molar-refractivity contribution in [3.05, 3.63) is 71.4 Å². The van der Waals surface area contributed by atoms with Crippen LogP contribution in [0.25, 0.3) is 5.65 Å². The van der Waals surface area contributed by atoms with Crippen LogP contribution in [0.4, 0.5) is 4.39 Å². The molecule has 0 aliphatic carbocycles. The first-order valence-corrected chi connectivity index (χ1v) is 11.5. The first kappa shape index (κ1) is 22.4. The number of halogens is 1. The van der Waals surface area contributed by atoms with E-state index in [1.807, 2.05) is 41.9 Å². The lowest BCUT2D eigenvalue weighted by Gasteiger charge is -2.34. The third-order valence-corrected chi connectivity index (χ3v) is 6.16. The van der Waals surface area contributed by atoms with E-state index < -0.39 is 0 Å². The Kier molecular flexibility index (Phi) is 7.17. The third-order valence-electron chi connectivity index (χ3n) is 6.16. The lowest BCUT2D eigenvalue weighted by Crippen LogP contribution is -2.45. The van der Waals surface area contributed by atoms with Crippen LogP contribution in [0, 0.1) is 5.82 Å². The van der Waals surface area contributed by atoms with Gasteiger partial charge in [0, 0.05) is 59.1 Å². The van der Waals surface area contributed by atoms with E-state index in [0.29, 0.717) is 12.2 Å². The third kappa shape index (κ3) is 5.16. The molecular formula is C25H32FN5O. The SMILES string of the molecule is CCCCN(C)C(=O)c1nc2ccccn2c1CN1CCN(Cc2cccc(F)c2)CC1. The fraction of sp³-hybridized carbons (Fsp3) is 0.440. The summed E-state index contributed by atoms with van der Waals surface area (Å²) in [7, 11) is 1.86. The van der Waals surface area contributed by atoms with Gasteiger partial charge in [-0.2, -0.15) is 0 Å². The molecule has 1 amide bonds. The van der Waals surface area contributed by atoms with Crippen LogP contribution < -0.4 is 0 Å². The summed E-state index contributed by atoms with van der Waals surface area (Å²) in [6.45, 7) is 7.92. The molecular weight excluding hydrogens is 405 g/mol. The highest BCUT2D eigenvalue weighted by molar-refractivity contribution is 5.94. The Morgan fingerprint density at radius 2 is 1.81 bits per heavy atom. The summed E-state index contributed by atoms with van der Waals surface area (Å²) in [5, 5.41) is 0. The number of benzene rings is 1. The molecule has 3 aromatic rings. The van der Waals surface area contributed by atoms with Crippen LogP contribution in [0.3, 0.4) is 0 Å². The lowest BCUT2D eigenvalue weighted by molar-refractivity contribution is 0.0783. The number of fused-ring (bicyclic) bond motifs is 1. The van der Waals surface area contributed by atoms with Gasteiger partial charge < -0.3 is 9.30 Å². The Morgan fingerprint density at radius 3 is 2.53 bits per heavy atom. The fourth-order valence-electron chi connectivity index (χ4n) is 4.26. The molecule has 1 saturated heterocycles. The van der Waals surface area contributed by atoms with Crippen molar-refractivity contribution < 1.29 is 9.18 Å². The van der Waals surface area contributed by atoms with Crippen molar-refractivity contribution in [1.82, 2.24) is 24.1 Å². The van der Waals surface area contributed by atoms with E-state index in [2.05, 4.69) is 21.7 Å². The minimum atomic E-state index is -0.185. The molecule has 170 valence electrons. The summed E-state index contributed by atoms with van der Waals surface area (Å²) in [6, 6.07) is 12.7. The quantitative estimate of drug-likeness (QED) is 0.540. The molecule has 7 heteroatoms. The van der Waals surface area contributed by atoms with E-state index in [9.17, 15) is 9.18 Å². The van der Waals surface area contributed by atoms with Crippen LogP contribution in [0.5, 0.6) is 0 Å². The Labute approximate surface area is 189 Å². The molecule has 0 bridgehead atoms. The van der Waals surface area contributed by atoms with Crippen molar-refractivity contribution in [2.45, 2.75) is 32.9 Å². The number of unbranched alkanes of at least 4 members (excludes halogenated alkanes) is 1. The van der Waals surface area contributed by atoms with E-state index in [-0.39, 0.29) is 11.7 Å². The van der Waals surface area contributed by atoms with Crippen molar-refractivity contribution in [1.29, 1.82) is 0 Å². The second kappa shape index (κ2) is 10.2. The standard InChI is InChI=1S/C25H32FN5O/c1-3-4-11-28(2)25(32)24-22(31-12-6-5-10-23(31)27-24)19-30-15-13-29(14-16-30)18-20-8-7-9-21(26)17-20/h5-10,12,17H,3-4,11,13-16,18-19H2,1-2H3. The maximum atomic E-state index is 13.5. The number of piperazine rings is 1. The first-order valence-electron chi connectivity index (χ1n) is 11.5. The van der Waals surface area contributed by atoms with Crippen molar-refractivity contribution in [2.75, 3.05) is 39.8 Å². The second-order valence-electron chi connectivity index (χ2n) is 8.60. The zero-order chi connectivity index (χ0) is 22.5. The van der Waals surface area contributed by atoms with E-state index in [1.54, 1.807) is 17.0 Å². The molecule has 32 heavy (non-hydrogen) atoms. The average Bonchev–Trinajstić information content (AvgIpc) is 3.16. The molecule has 3 heterocycles. The topological polar surface area (TPSA) is 44.1 Å². The molecule has 1 aromatic carbocycles. The van der Waals surface area contributed by atoms with Gasteiger partial charge in [-0.25, -0.2) is 9.37 Å². The molecule has 1 aliphatic rings. The maximum absolute atomic E-state index is 13.5. The Hall–Kier alpha value is -2.77. The number of aromatic nitrogens is 2. The number of nitrogens with zero attached hydrogens (tertiary/aromatic N) is 5. The molecule has 1 fully saturated rings. The normalized spacial score (nSPS) is 15.3. The molecule has 0 radical (unpaired) electrons. The van der Waals surface area contributed by atoms with Crippen molar-refractivity contribution in [3.63, 3.8) is 0 Å².